The van der Waals surface area contributed by atoms with Crippen LogP contribution in [0, 0.1) is 0 Å². The van der Waals surface area contributed by atoms with Crippen LogP contribution in [0.5, 0.6) is 5.88 Å². The Morgan fingerprint density at radius 2 is 2.07 bits per heavy atom. The van der Waals surface area contributed by atoms with Crippen LogP contribution in [0.2, 0.25) is 0 Å². The first kappa shape index (κ1) is 18.6. The first-order valence-electron chi connectivity index (χ1n) is 8.87. The predicted octanol–water partition coefficient (Wildman–Crippen LogP) is 0.162. The maximum atomic E-state index is 10.3. The fourth-order valence-electron chi connectivity index (χ4n) is 3.20. The van der Waals surface area contributed by atoms with Crippen molar-refractivity contribution in [3.05, 3.63) is 42.2 Å². The smallest absolute Gasteiger partial charge is 0.247 e. The molecule has 10 nitrogen and oxygen atoms in total. The molecule has 1 aromatic carbocycles. The SMILES string of the molecule is Nc1nc(OCC(O)c2ccccc2)c2ncn([C@H]3C[C@H](O)[C@@H](CO)O3)c2n1. The molecule has 0 saturated carbocycles. The van der Waals surface area contributed by atoms with Crippen molar-refractivity contribution < 1.29 is 24.8 Å². The first-order valence-corrected chi connectivity index (χ1v) is 8.87. The van der Waals surface area contributed by atoms with E-state index in [1.54, 1.807) is 16.7 Å². The molecule has 0 amide bonds. The lowest BCUT2D eigenvalue weighted by Crippen LogP contribution is -2.24. The number of nitrogens with two attached hydrogens (primary N) is 1. The number of aromatic nitrogens is 4. The van der Waals surface area contributed by atoms with Gasteiger partial charge in [-0.15, -0.1) is 0 Å². The van der Waals surface area contributed by atoms with Crippen LogP contribution in [-0.2, 0) is 4.74 Å². The van der Waals surface area contributed by atoms with E-state index in [0.717, 1.165) is 5.56 Å². The van der Waals surface area contributed by atoms with Crippen LogP contribution in [0.25, 0.3) is 11.2 Å². The third kappa shape index (κ3) is 3.50. The second-order valence-electron chi connectivity index (χ2n) is 6.56. The van der Waals surface area contributed by atoms with Crippen molar-refractivity contribution in [3.63, 3.8) is 0 Å². The zero-order chi connectivity index (χ0) is 19.7. The number of aliphatic hydroxyl groups is 3. The van der Waals surface area contributed by atoms with Crippen LogP contribution in [0.3, 0.4) is 0 Å². The Hall–Kier alpha value is -2.79. The second-order valence-corrected chi connectivity index (χ2v) is 6.56. The van der Waals surface area contributed by atoms with Gasteiger partial charge in [-0.05, 0) is 5.56 Å². The Balaban J connectivity index is 1.58. The van der Waals surface area contributed by atoms with Gasteiger partial charge in [0.25, 0.3) is 0 Å². The van der Waals surface area contributed by atoms with E-state index in [4.69, 9.17) is 15.2 Å². The molecule has 3 aromatic rings. The fourth-order valence-corrected chi connectivity index (χ4v) is 3.20. The van der Waals surface area contributed by atoms with E-state index in [2.05, 4.69) is 15.0 Å². The lowest BCUT2D eigenvalue weighted by molar-refractivity contribution is -0.0432. The summed E-state index contributed by atoms with van der Waals surface area (Å²) in [5.74, 6) is 0.129. The normalized spacial score (nSPS) is 23.2. The second kappa shape index (κ2) is 7.68. The summed E-state index contributed by atoms with van der Waals surface area (Å²) in [6.07, 6.45) is -1.07. The van der Waals surface area contributed by atoms with E-state index in [1.807, 2.05) is 18.2 Å². The van der Waals surface area contributed by atoms with Gasteiger partial charge in [0.1, 0.15) is 25.0 Å². The van der Waals surface area contributed by atoms with Crippen LogP contribution < -0.4 is 10.5 Å². The van der Waals surface area contributed by atoms with Crippen LogP contribution in [0.15, 0.2) is 36.7 Å². The van der Waals surface area contributed by atoms with Gasteiger partial charge < -0.3 is 30.5 Å². The summed E-state index contributed by atoms with van der Waals surface area (Å²) in [5, 5.41) is 29.5. The number of anilines is 1. The summed E-state index contributed by atoms with van der Waals surface area (Å²) in [6.45, 7) is -0.319. The largest absolute Gasteiger partial charge is 0.473 e. The van der Waals surface area contributed by atoms with Gasteiger partial charge >= 0.3 is 0 Å². The molecular formula is C18H21N5O5. The molecule has 28 heavy (non-hydrogen) atoms. The fraction of sp³-hybridized carbons (Fsp3) is 0.389. The Bertz CT molecular complexity index is 950. The molecule has 0 radical (unpaired) electrons. The summed E-state index contributed by atoms with van der Waals surface area (Å²) in [7, 11) is 0. The van der Waals surface area contributed by atoms with E-state index in [-0.39, 0.29) is 31.5 Å². The molecule has 1 unspecified atom stereocenters. The van der Waals surface area contributed by atoms with E-state index < -0.39 is 24.5 Å². The number of imidazole rings is 1. The molecule has 1 aliphatic rings. The monoisotopic (exact) mass is 387 g/mol. The van der Waals surface area contributed by atoms with Crippen molar-refractivity contribution in [2.24, 2.45) is 0 Å². The Kier molecular flexibility index (Phi) is 5.09. The molecule has 1 saturated heterocycles. The molecule has 10 heteroatoms. The van der Waals surface area contributed by atoms with Crippen LogP contribution in [-0.4, -0.2) is 60.3 Å². The van der Waals surface area contributed by atoms with E-state index in [9.17, 15) is 15.3 Å². The number of nitrogen functional groups attached to an aromatic ring is 1. The molecule has 3 heterocycles. The van der Waals surface area contributed by atoms with Crippen LogP contribution in [0.1, 0.15) is 24.3 Å². The number of hydrogen-bond acceptors (Lipinski definition) is 9. The third-order valence-electron chi connectivity index (χ3n) is 4.66. The average molecular weight is 387 g/mol. The third-order valence-corrected chi connectivity index (χ3v) is 4.66. The molecule has 0 spiro atoms. The number of fused-ring (bicyclic) bond motifs is 1. The molecule has 4 rings (SSSR count). The minimum atomic E-state index is -0.840. The van der Waals surface area contributed by atoms with Gasteiger partial charge in [0.05, 0.1) is 19.0 Å². The number of nitrogens with zero attached hydrogens (tertiary/aromatic N) is 4. The molecule has 4 atom stereocenters. The molecular weight excluding hydrogens is 366 g/mol. The van der Waals surface area contributed by atoms with Gasteiger partial charge in [0.2, 0.25) is 11.8 Å². The molecule has 0 bridgehead atoms. The van der Waals surface area contributed by atoms with Gasteiger partial charge in [-0.1, -0.05) is 30.3 Å². The molecule has 148 valence electrons. The number of aliphatic hydroxyl groups excluding tert-OH is 3. The zero-order valence-electron chi connectivity index (χ0n) is 14.9. The molecule has 0 aliphatic carbocycles. The minimum Gasteiger partial charge on any atom is -0.473 e. The van der Waals surface area contributed by atoms with E-state index in [1.165, 1.54) is 6.33 Å². The number of benzene rings is 1. The summed E-state index contributed by atoms with van der Waals surface area (Å²) in [4.78, 5) is 12.6. The van der Waals surface area contributed by atoms with Crippen molar-refractivity contribution in [1.29, 1.82) is 0 Å². The van der Waals surface area contributed by atoms with Crippen molar-refractivity contribution in [2.75, 3.05) is 18.9 Å². The summed E-state index contributed by atoms with van der Waals surface area (Å²) >= 11 is 0. The van der Waals surface area contributed by atoms with Gasteiger partial charge in [-0.25, -0.2) is 4.98 Å². The quantitative estimate of drug-likeness (QED) is 0.464. The first-order chi connectivity index (χ1) is 13.6. The van der Waals surface area contributed by atoms with Crippen molar-refractivity contribution >= 4 is 17.1 Å². The number of ether oxygens (including phenoxy) is 2. The van der Waals surface area contributed by atoms with Gasteiger partial charge in [-0.2, -0.15) is 9.97 Å². The Labute approximate surface area is 160 Å². The highest BCUT2D eigenvalue weighted by molar-refractivity contribution is 5.77. The number of rotatable bonds is 6. The summed E-state index contributed by atoms with van der Waals surface area (Å²) in [5.41, 5.74) is 7.27. The minimum absolute atomic E-state index is 0.0179. The highest BCUT2D eigenvalue weighted by Gasteiger charge is 2.35. The van der Waals surface area contributed by atoms with E-state index in [0.29, 0.717) is 11.2 Å². The Morgan fingerprint density at radius 1 is 1.29 bits per heavy atom. The predicted molar refractivity (Wildman–Crippen MR) is 98.3 cm³/mol. The maximum Gasteiger partial charge on any atom is 0.247 e. The highest BCUT2D eigenvalue weighted by Crippen LogP contribution is 2.32. The molecule has 5 N–H and O–H groups in total. The molecule has 2 aromatic heterocycles. The maximum absolute atomic E-state index is 10.3. The van der Waals surface area contributed by atoms with Crippen molar-refractivity contribution in [1.82, 2.24) is 19.5 Å². The lowest BCUT2D eigenvalue weighted by atomic mass is 10.1. The van der Waals surface area contributed by atoms with Gasteiger partial charge in [-0.3, -0.25) is 4.57 Å². The van der Waals surface area contributed by atoms with Crippen molar-refractivity contribution in [3.8, 4) is 5.88 Å². The van der Waals surface area contributed by atoms with Gasteiger partial charge in [0, 0.05) is 6.42 Å². The van der Waals surface area contributed by atoms with Crippen LogP contribution >= 0.6 is 0 Å². The summed E-state index contributed by atoms with van der Waals surface area (Å²) < 4.78 is 12.9. The molecule has 1 fully saturated rings. The van der Waals surface area contributed by atoms with Gasteiger partial charge in [0.15, 0.2) is 11.2 Å². The van der Waals surface area contributed by atoms with Crippen LogP contribution in [0.4, 0.5) is 5.95 Å². The zero-order valence-corrected chi connectivity index (χ0v) is 14.9. The highest BCUT2D eigenvalue weighted by atomic mass is 16.5. The summed E-state index contributed by atoms with van der Waals surface area (Å²) in [6, 6.07) is 9.12. The Morgan fingerprint density at radius 3 is 2.79 bits per heavy atom. The van der Waals surface area contributed by atoms with E-state index >= 15 is 0 Å². The number of hydrogen-bond donors (Lipinski definition) is 4. The topological polar surface area (TPSA) is 149 Å². The average Bonchev–Trinajstić information content (AvgIpc) is 3.29. The standard InChI is InChI=1S/C18H21N5O5/c19-18-21-16-15(20-9-23(16)14-6-11(25)13(7-24)28-14)17(22-18)27-8-12(26)10-4-2-1-3-5-10/h1-5,9,11-14,24-26H,6-8H2,(H2,19,21,22)/t11-,12?,13+,14+/m0/s1. The van der Waals surface area contributed by atoms with Crippen molar-refractivity contribution in [2.45, 2.75) is 31.0 Å². The lowest BCUT2D eigenvalue weighted by Gasteiger charge is -2.14. The molecule has 1 aliphatic heterocycles.